The summed E-state index contributed by atoms with van der Waals surface area (Å²) < 4.78 is 68.8. The Morgan fingerprint density at radius 2 is 1.78 bits per heavy atom. The van der Waals surface area contributed by atoms with Gasteiger partial charge in [-0.2, -0.15) is 22.0 Å². The van der Waals surface area contributed by atoms with Crippen LogP contribution in [0.5, 0.6) is 0 Å². The fourth-order valence-electron chi connectivity index (χ4n) is 1.52. The molecule has 1 aromatic heterocycles. The first-order chi connectivity index (χ1) is 8.11. The molecular formula is C11H14F5NO. The van der Waals surface area contributed by atoms with E-state index in [4.69, 9.17) is 4.42 Å². The van der Waals surface area contributed by atoms with Crippen molar-refractivity contribution in [1.82, 2.24) is 5.32 Å². The monoisotopic (exact) mass is 271 g/mol. The maximum atomic E-state index is 13.4. The molecule has 0 radical (unpaired) electrons. The minimum atomic E-state index is -5.63. The van der Waals surface area contributed by atoms with Gasteiger partial charge in [0.2, 0.25) is 0 Å². The molecule has 0 aliphatic heterocycles. The van der Waals surface area contributed by atoms with Crippen molar-refractivity contribution < 1.29 is 26.4 Å². The lowest BCUT2D eigenvalue weighted by molar-refractivity contribution is -0.295. The van der Waals surface area contributed by atoms with Crippen LogP contribution in [0.4, 0.5) is 22.0 Å². The van der Waals surface area contributed by atoms with Crippen LogP contribution in [0.3, 0.4) is 0 Å². The Balaban J connectivity index is 3.18. The molecule has 18 heavy (non-hydrogen) atoms. The van der Waals surface area contributed by atoms with Gasteiger partial charge in [0, 0.05) is 0 Å². The molecule has 104 valence electrons. The predicted octanol–water partition coefficient (Wildman–Crippen LogP) is 3.74. The van der Waals surface area contributed by atoms with Crippen molar-refractivity contribution in [1.29, 1.82) is 0 Å². The number of hydrogen-bond donors (Lipinski definition) is 1. The lowest BCUT2D eigenvalue weighted by atomic mass is 10.1. The zero-order valence-corrected chi connectivity index (χ0v) is 10.2. The van der Waals surface area contributed by atoms with Crippen LogP contribution in [0.2, 0.25) is 0 Å². The highest BCUT2D eigenvalue weighted by molar-refractivity contribution is 5.22. The van der Waals surface area contributed by atoms with Crippen LogP contribution in [-0.4, -0.2) is 18.6 Å². The number of halogens is 5. The van der Waals surface area contributed by atoms with Gasteiger partial charge in [-0.15, -0.1) is 0 Å². The van der Waals surface area contributed by atoms with Crippen LogP contribution in [-0.2, 0) is 0 Å². The summed E-state index contributed by atoms with van der Waals surface area (Å²) in [4.78, 5) is 0. The molecular weight excluding hydrogens is 257 g/mol. The number of hydrogen-bond acceptors (Lipinski definition) is 2. The Morgan fingerprint density at radius 1 is 1.22 bits per heavy atom. The van der Waals surface area contributed by atoms with Crippen molar-refractivity contribution in [3.63, 3.8) is 0 Å². The average Bonchev–Trinajstić information content (AvgIpc) is 2.53. The molecule has 0 aromatic carbocycles. The molecule has 0 spiro atoms. The van der Waals surface area contributed by atoms with Gasteiger partial charge in [-0.1, -0.05) is 6.92 Å². The molecule has 0 fully saturated rings. The third-order valence-corrected chi connectivity index (χ3v) is 2.62. The second-order valence-corrected chi connectivity index (χ2v) is 4.00. The molecule has 1 rings (SSSR count). The van der Waals surface area contributed by atoms with Crippen LogP contribution in [0.15, 0.2) is 10.5 Å². The molecule has 1 unspecified atom stereocenters. The number of alkyl halides is 5. The normalized spacial score (nSPS) is 14.9. The quantitative estimate of drug-likeness (QED) is 0.844. The van der Waals surface area contributed by atoms with Crippen LogP contribution in [0, 0.1) is 13.8 Å². The molecule has 0 amide bonds. The summed E-state index contributed by atoms with van der Waals surface area (Å²) in [6.07, 6.45) is -5.63. The van der Waals surface area contributed by atoms with Gasteiger partial charge in [0.15, 0.2) is 0 Å². The highest BCUT2D eigenvalue weighted by Gasteiger charge is 2.63. The standard InChI is InChI=1S/C11H14F5NO/c1-4-17-9(10(12,13)11(14,15)16)8-5-6(2)7(3)18-8/h5,9,17H,4H2,1-3H3. The van der Waals surface area contributed by atoms with Crippen LogP contribution < -0.4 is 5.32 Å². The Labute approximate surface area is 101 Å². The van der Waals surface area contributed by atoms with Crippen molar-refractivity contribution in [2.75, 3.05) is 6.54 Å². The first-order valence-electron chi connectivity index (χ1n) is 5.36. The van der Waals surface area contributed by atoms with Gasteiger partial charge in [-0.05, 0) is 32.0 Å². The van der Waals surface area contributed by atoms with E-state index in [0.717, 1.165) is 0 Å². The summed E-state index contributed by atoms with van der Waals surface area (Å²) >= 11 is 0. The summed E-state index contributed by atoms with van der Waals surface area (Å²) in [6.45, 7) is 4.50. The number of aryl methyl sites for hydroxylation is 2. The highest BCUT2D eigenvalue weighted by atomic mass is 19.4. The SMILES string of the molecule is CCNC(c1cc(C)c(C)o1)C(F)(F)C(F)(F)F. The van der Waals surface area contributed by atoms with Crippen molar-refractivity contribution >= 4 is 0 Å². The molecule has 2 nitrogen and oxygen atoms in total. The van der Waals surface area contributed by atoms with Gasteiger partial charge >= 0.3 is 12.1 Å². The summed E-state index contributed by atoms with van der Waals surface area (Å²) in [5.74, 6) is -4.97. The maximum Gasteiger partial charge on any atom is 0.455 e. The topological polar surface area (TPSA) is 25.2 Å². The van der Waals surface area contributed by atoms with Gasteiger partial charge < -0.3 is 9.73 Å². The molecule has 7 heteroatoms. The van der Waals surface area contributed by atoms with Crippen molar-refractivity contribution in [2.24, 2.45) is 0 Å². The van der Waals surface area contributed by atoms with E-state index in [-0.39, 0.29) is 6.54 Å². The molecule has 0 saturated carbocycles. The van der Waals surface area contributed by atoms with E-state index in [9.17, 15) is 22.0 Å². The smallest absolute Gasteiger partial charge is 0.455 e. The van der Waals surface area contributed by atoms with Crippen LogP contribution in [0.1, 0.15) is 30.0 Å². The molecule has 1 atom stereocenters. The van der Waals surface area contributed by atoms with Crippen LogP contribution >= 0.6 is 0 Å². The van der Waals surface area contributed by atoms with Gasteiger partial charge in [-0.3, -0.25) is 0 Å². The van der Waals surface area contributed by atoms with Crippen molar-refractivity contribution in [3.05, 3.63) is 23.2 Å². The largest absolute Gasteiger partial charge is 0.464 e. The Hall–Kier alpha value is -1.11. The predicted molar refractivity (Wildman–Crippen MR) is 55.6 cm³/mol. The molecule has 1 heterocycles. The molecule has 0 bridgehead atoms. The molecule has 1 aromatic rings. The number of rotatable bonds is 4. The summed E-state index contributed by atoms with van der Waals surface area (Å²) in [7, 11) is 0. The Bertz CT molecular complexity index is 391. The van der Waals surface area contributed by atoms with E-state index in [1.54, 1.807) is 6.92 Å². The zero-order chi connectivity index (χ0) is 14.1. The minimum absolute atomic E-state index is 0.0326. The molecule has 0 aliphatic rings. The average molecular weight is 271 g/mol. The van der Waals surface area contributed by atoms with E-state index < -0.39 is 23.9 Å². The first kappa shape index (κ1) is 14.9. The van der Waals surface area contributed by atoms with E-state index in [1.807, 2.05) is 0 Å². The molecule has 0 saturated heterocycles. The van der Waals surface area contributed by atoms with E-state index in [2.05, 4.69) is 5.32 Å². The van der Waals surface area contributed by atoms with Gasteiger partial charge in [-0.25, -0.2) is 0 Å². The highest BCUT2D eigenvalue weighted by Crippen LogP contribution is 2.45. The van der Waals surface area contributed by atoms with Gasteiger partial charge in [0.25, 0.3) is 0 Å². The second kappa shape index (κ2) is 4.87. The first-order valence-corrected chi connectivity index (χ1v) is 5.36. The van der Waals surface area contributed by atoms with Gasteiger partial charge in [0.05, 0.1) is 0 Å². The molecule has 0 aliphatic carbocycles. The number of furan rings is 1. The lowest BCUT2D eigenvalue weighted by Crippen LogP contribution is -2.47. The van der Waals surface area contributed by atoms with E-state index in [0.29, 0.717) is 11.3 Å². The second-order valence-electron chi connectivity index (χ2n) is 4.00. The van der Waals surface area contributed by atoms with E-state index >= 15 is 0 Å². The molecule has 1 N–H and O–H groups in total. The Kier molecular flexibility index (Phi) is 4.05. The third-order valence-electron chi connectivity index (χ3n) is 2.62. The maximum absolute atomic E-state index is 13.4. The fraction of sp³-hybridized carbons (Fsp3) is 0.636. The minimum Gasteiger partial charge on any atom is -0.464 e. The van der Waals surface area contributed by atoms with Crippen molar-refractivity contribution in [2.45, 2.75) is 38.9 Å². The number of nitrogens with one attached hydrogen (secondary N) is 1. The Morgan fingerprint density at radius 3 is 2.11 bits per heavy atom. The third kappa shape index (κ3) is 2.66. The summed E-state index contributed by atoms with van der Waals surface area (Å²) in [5.41, 5.74) is 0.533. The lowest BCUT2D eigenvalue weighted by Gasteiger charge is -2.27. The van der Waals surface area contributed by atoms with E-state index in [1.165, 1.54) is 19.9 Å². The summed E-state index contributed by atoms with van der Waals surface area (Å²) in [5, 5.41) is 2.12. The van der Waals surface area contributed by atoms with Gasteiger partial charge in [0.1, 0.15) is 17.6 Å². The van der Waals surface area contributed by atoms with Crippen LogP contribution in [0.25, 0.3) is 0 Å². The van der Waals surface area contributed by atoms with Crippen molar-refractivity contribution in [3.8, 4) is 0 Å². The zero-order valence-electron chi connectivity index (χ0n) is 10.2. The summed E-state index contributed by atoms with van der Waals surface area (Å²) in [6, 6.07) is -1.02. The fourth-order valence-corrected chi connectivity index (χ4v) is 1.52.